The molecule has 1 heterocycles. The smallest absolute Gasteiger partial charge is 0.150 e. The maximum absolute atomic E-state index is 5.89. The topological polar surface area (TPSA) is 56.7 Å². The van der Waals surface area contributed by atoms with Crippen molar-refractivity contribution in [2.24, 2.45) is 18.7 Å². The molecule has 17 heavy (non-hydrogen) atoms. The number of nitrogens with two attached hydrogens (primary N) is 1. The molecule has 2 atom stereocenters. The van der Waals surface area contributed by atoms with Crippen molar-refractivity contribution in [3.8, 4) is 0 Å². The van der Waals surface area contributed by atoms with Crippen LogP contribution in [0.2, 0.25) is 0 Å². The number of hydrogen-bond donors (Lipinski definition) is 1. The van der Waals surface area contributed by atoms with Crippen molar-refractivity contribution < 1.29 is 0 Å². The highest BCUT2D eigenvalue weighted by Gasteiger charge is 2.29. The Balaban J connectivity index is 2.19. The van der Waals surface area contributed by atoms with E-state index >= 15 is 0 Å². The largest absolute Gasteiger partial charge is 0.330 e. The van der Waals surface area contributed by atoms with Gasteiger partial charge in [0.2, 0.25) is 0 Å². The van der Waals surface area contributed by atoms with Crippen LogP contribution in [0, 0.1) is 5.92 Å². The fourth-order valence-corrected chi connectivity index (χ4v) is 2.93. The molecule has 0 aliphatic heterocycles. The van der Waals surface area contributed by atoms with Crippen molar-refractivity contribution in [2.75, 3.05) is 6.54 Å². The second-order valence-electron chi connectivity index (χ2n) is 5.15. The lowest BCUT2D eigenvalue weighted by atomic mass is 9.79. The van der Waals surface area contributed by atoms with Gasteiger partial charge in [0.05, 0.1) is 0 Å². The van der Waals surface area contributed by atoms with E-state index in [-0.39, 0.29) is 0 Å². The lowest BCUT2D eigenvalue weighted by molar-refractivity contribution is 0.298. The Bertz CT molecular complexity index is 358. The Morgan fingerprint density at radius 2 is 2.12 bits per heavy atom. The third kappa shape index (κ3) is 2.68. The molecule has 4 nitrogen and oxygen atoms in total. The molecule has 1 aromatic heterocycles. The fraction of sp³-hybridized carbons (Fsp3) is 0.846. The summed E-state index contributed by atoms with van der Waals surface area (Å²) in [5, 5.41) is 4.51. The van der Waals surface area contributed by atoms with Crippen LogP contribution < -0.4 is 5.73 Å². The molecule has 1 aliphatic carbocycles. The van der Waals surface area contributed by atoms with E-state index in [0.29, 0.717) is 11.8 Å². The van der Waals surface area contributed by atoms with Gasteiger partial charge in [-0.25, -0.2) is 4.98 Å². The molecule has 96 valence electrons. The number of nitrogens with zero attached hydrogens (tertiary/aromatic N) is 3. The van der Waals surface area contributed by atoms with Crippen LogP contribution in [0.3, 0.4) is 0 Å². The van der Waals surface area contributed by atoms with E-state index < -0.39 is 0 Å². The van der Waals surface area contributed by atoms with Crippen LogP contribution in [0.25, 0.3) is 0 Å². The first-order valence-electron chi connectivity index (χ1n) is 6.86. The molecule has 0 saturated heterocycles. The van der Waals surface area contributed by atoms with E-state index in [4.69, 9.17) is 10.7 Å². The molecule has 0 spiro atoms. The highest BCUT2D eigenvalue weighted by molar-refractivity contribution is 5.04. The van der Waals surface area contributed by atoms with E-state index in [9.17, 15) is 0 Å². The molecular formula is C13H24N4. The van der Waals surface area contributed by atoms with Gasteiger partial charge in [-0.2, -0.15) is 5.10 Å². The quantitative estimate of drug-likeness (QED) is 0.870. The highest BCUT2D eigenvalue weighted by Crippen LogP contribution is 2.36. The minimum atomic E-state index is 0.525. The predicted octanol–water partition coefficient (Wildman–Crippen LogP) is 2.00. The van der Waals surface area contributed by atoms with Crippen molar-refractivity contribution >= 4 is 0 Å². The molecule has 1 aliphatic rings. The average Bonchev–Trinajstić information content (AvgIpc) is 2.70. The van der Waals surface area contributed by atoms with Crippen molar-refractivity contribution in [3.05, 3.63) is 11.6 Å². The van der Waals surface area contributed by atoms with Gasteiger partial charge in [-0.15, -0.1) is 0 Å². The number of hydrogen-bond acceptors (Lipinski definition) is 3. The average molecular weight is 236 g/mol. The van der Waals surface area contributed by atoms with Crippen molar-refractivity contribution in [2.45, 2.75) is 51.4 Å². The van der Waals surface area contributed by atoms with Gasteiger partial charge in [0.25, 0.3) is 0 Å². The monoisotopic (exact) mass is 236 g/mol. The van der Waals surface area contributed by atoms with Crippen LogP contribution in [0.1, 0.15) is 56.6 Å². The normalized spacial score (nSPS) is 25.1. The predicted molar refractivity (Wildman–Crippen MR) is 68.8 cm³/mol. The second-order valence-corrected chi connectivity index (χ2v) is 5.15. The molecule has 1 fully saturated rings. The Morgan fingerprint density at radius 1 is 1.35 bits per heavy atom. The molecule has 1 saturated carbocycles. The summed E-state index contributed by atoms with van der Waals surface area (Å²) in [7, 11) is 2.02. The minimum absolute atomic E-state index is 0.525. The van der Waals surface area contributed by atoms with E-state index in [1.807, 2.05) is 11.7 Å². The maximum atomic E-state index is 5.89. The van der Waals surface area contributed by atoms with Gasteiger partial charge in [0.15, 0.2) is 5.82 Å². The van der Waals surface area contributed by atoms with Crippen LogP contribution in [-0.4, -0.2) is 21.3 Å². The summed E-state index contributed by atoms with van der Waals surface area (Å²) in [5.41, 5.74) is 5.89. The first-order valence-corrected chi connectivity index (χ1v) is 6.86. The molecule has 2 N–H and O–H groups in total. The highest BCUT2D eigenvalue weighted by atomic mass is 15.3. The molecule has 0 bridgehead atoms. The van der Waals surface area contributed by atoms with Gasteiger partial charge in [-0.1, -0.05) is 19.8 Å². The summed E-state index contributed by atoms with van der Waals surface area (Å²) in [6.45, 7) is 2.94. The summed E-state index contributed by atoms with van der Waals surface area (Å²) in [5.74, 6) is 3.27. The zero-order valence-corrected chi connectivity index (χ0v) is 11.0. The van der Waals surface area contributed by atoms with Crippen LogP contribution in [0.15, 0.2) is 0 Å². The zero-order valence-electron chi connectivity index (χ0n) is 11.0. The van der Waals surface area contributed by atoms with Crippen molar-refractivity contribution in [3.63, 3.8) is 0 Å². The van der Waals surface area contributed by atoms with Crippen molar-refractivity contribution in [1.29, 1.82) is 0 Å². The van der Waals surface area contributed by atoms with Gasteiger partial charge in [-0.05, 0) is 31.7 Å². The van der Waals surface area contributed by atoms with E-state index in [0.717, 1.165) is 31.0 Å². The molecule has 1 aromatic rings. The van der Waals surface area contributed by atoms with E-state index in [1.165, 1.54) is 25.7 Å². The summed E-state index contributed by atoms with van der Waals surface area (Å²) < 4.78 is 1.98. The van der Waals surface area contributed by atoms with Gasteiger partial charge >= 0.3 is 0 Å². The molecule has 4 heteroatoms. The van der Waals surface area contributed by atoms with Gasteiger partial charge in [0, 0.05) is 19.4 Å². The van der Waals surface area contributed by atoms with E-state index in [2.05, 4.69) is 12.0 Å². The standard InChI is InChI=1S/C13H24N4/c1-3-6-12-15-13(17(2)16-12)11-8-5-4-7-10(11)9-14/h10-11H,3-9,14H2,1-2H3. The third-order valence-corrected chi connectivity index (χ3v) is 3.86. The van der Waals surface area contributed by atoms with Crippen LogP contribution in [0.5, 0.6) is 0 Å². The lowest BCUT2D eigenvalue weighted by Gasteiger charge is -2.29. The van der Waals surface area contributed by atoms with Gasteiger partial charge < -0.3 is 5.73 Å². The van der Waals surface area contributed by atoms with Crippen LogP contribution >= 0.6 is 0 Å². The first kappa shape index (κ1) is 12.6. The Morgan fingerprint density at radius 3 is 2.82 bits per heavy atom. The third-order valence-electron chi connectivity index (χ3n) is 3.86. The van der Waals surface area contributed by atoms with Crippen LogP contribution in [0.4, 0.5) is 0 Å². The minimum Gasteiger partial charge on any atom is -0.330 e. The maximum Gasteiger partial charge on any atom is 0.150 e. The summed E-state index contributed by atoms with van der Waals surface area (Å²) in [4.78, 5) is 4.72. The first-order chi connectivity index (χ1) is 8.26. The number of rotatable bonds is 4. The molecular weight excluding hydrogens is 212 g/mol. The summed E-state index contributed by atoms with van der Waals surface area (Å²) in [6, 6.07) is 0. The van der Waals surface area contributed by atoms with Crippen LogP contribution in [-0.2, 0) is 13.5 Å². The van der Waals surface area contributed by atoms with E-state index in [1.54, 1.807) is 0 Å². The molecule has 0 aromatic carbocycles. The van der Waals surface area contributed by atoms with Crippen molar-refractivity contribution in [1.82, 2.24) is 14.8 Å². The SMILES string of the molecule is CCCc1nc(C2CCCCC2CN)n(C)n1. The van der Waals surface area contributed by atoms with Gasteiger partial charge in [0.1, 0.15) is 5.82 Å². The fourth-order valence-electron chi connectivity index (χ4n) is 2.93. The Hall–Kier alpha value is -0.900. The summed E-state index contributed by atoms with van der Waals surface area (Å²) in [6.07, 6.45) is 7.18. The second kappa shape index (κ2) is 5.63. The molecule has 0 amide bonds. The molecule has 2 rings (SSSR count). The summed E-state index contributed by atoms with van der Waals surface area (Å²) >= 11 is 0. The Labute approximate surface area is 104 Å². The number of aryl methyl sites for hydroxylation is 2. The number of aromatic nitrogens is 3. The molecule has 2 unspecified atom stereocenters. The molecule has 0 radical (unpaired) electrons. The van der Waals surface area contributed by atoms with Gasteiger partial charge in [-0.3, -0.25) is 4.68 Å². The Kier molecular flexibility index (Phi) is 4.15. The lowest BCUT2D eigenvalue weighted by Crippen LogP contribution is -2.27. The zero-order chi connectivity index (χ0) is 12.3.